The number of fused-ring (bicyclic) bond motifs is 2. The fourth-order valence-electron chi connectivity index (χ4n) is 3.74. The lowest BCUT2D eigenvalue weighted by atomic mass is 9.85. The molecule has 2 aromatic rings. The maximum Gasteiger partial charge on any atom is 0.163 e. The van der Waals surface area contributed by atoms with E-state index in [0.29, 0.717) is 19.6 Å². The lowest BCUT2D eigenvalue weighted by Crippen LogP contribution is -2.31. The van der Waals surface area contributed by atoms with Crippen LogP contribution in [0.15, 0.2) is 41.7 Å². The Morgan fingerprint density at radius 1 is 1.12 bits per heavy atom. The van der Waals surface area contributed by atoms with Gasteiger partial charge in [-0.1, -0.05) is 6.07 Å². The number of benzene rings is 1. The van der Waals surface area contributed by atoms with E-state index < -0.39 is 0 Å². The van der Waals surface area contributed by atoms with E-state index >= 15 is 0 Å². The van der Waals surface area contributed by atoms with Crippen molar-refractivity contribution in [2.24, 2.45) is 0 Å². The molecule has 1 aliphatic carbocycles. The highest BCUT2D eigenvalue weighted by molar-refractivity contribution is 5.99. The van der Waals surface area contributed by atoms with E-state index in [2.05, 4.69) is 10.4 Å². The van der Waals surface area contributed by atoms with Crippen molar-refractivity contribution in [3.8, 4) is 11.5 Å². The molecule has 0 bridgehead atoms. The fraction of sp³-hybridized carbons (Fsp3) is 0.333. The van der Waals surface area contributed by atoms with Crippen LogP contribution in [0.4, 0.5) is 5.82 Å². The third kappa shape index (κ3) is 1.95. The van der Waals surface area contributed by atoms with E-state index in [9.17, 15) is 4.79 Å². The van der Waals surface area contributed by atoms with Crippen LogP contribution in [0.1, 0.15) is 30.9 Å². The van der Waals surface area contributed by atoms with Gasteiger partial charge < -0.3 is 14.8 Å². The van der Waals surface area contributed by atoms with Gasteiger partial charge >= 0.3 is 0 Å². The second-order valence-corrected chi connectivity index (χ2v) is 6.26. The number of allylic oxidation sites excluding steroid dienone is 2. The van der Waals surface area contributed by atoms with Gasteiger partial charge in [0.25, 0.3) is 0 Å². The van der Waals surface area contributed by atoms with Crippen LogP contribution in [0.25, 0.3) is 0 Å². The van der Waals surface area contributed by atoms with Crippen LogP contribution in [-0.4, -0.2) is 28.8 Å². The number of hydrogen-bond acceptors (Lipinski definition) is 5. The summed E-state index contributed by atoms with van der Waals surface area (Å²) in [6.07, 6.45) is 4.15. The minimum Gasteiger partial charge on any atom is -0.486 e. The molecule has 1 atom stereocenters. The summed E-state index contributed by atoms with van der Waals surface area (Å²) in [7, 11) is 0. The van der Waals surface area contributed by atoms with Crippen LogP contribution in [0.3, 0.4) is 0 Å². The van der Waals surface area contributed by atoms with Crippen LogP contribution >= 0.6 is 0 Å². The van der Waals surface area contributed by atoms with Gasteiger partial charge in [0.15, 0.2) is 17.3 Å². The van der Waals surface area contributed by atoms with E-state index in [1.807, 2.05) is 28.9 Å². The maximum atomic E-state index is 12.6. The number of nitrogens with zero attached hydrogens (tertiary/aromatic N) is 2. The molecule has 3 aliphatic rings. The summed E-state index contributed by atoms with van der Waals surface area (Å²) in [5.41, 5.74) is 2.85. The number of ketones is 1. The third-order valence-electron chi connectivity index (χ3n) is 4.81. The first-order chi connectivity index (χ1) is 11.8. The number of nitrogens with one attached hydrogen (secondary N) is 1. The Labute approximate surface area is 139 Å². The number of rotatable bonds is 1. The molecular formula is C18H17N3O3. The Bertz CT molecular complexity index is 868. The number of hydrogen-bond donors (Lipinski definition) is 1. The van der Waals surface area contributed by atoms with Gasteiger partial charge in [0, 0.05) is 23.8 Å². The summed E-state index contributed by atoms with van der Waals surface area (Å²) in [4.78, 5) is 12.6. The largest absolute Gasteiger partial charge is 0.486 e. The van der Waals surface area contributed by atoms with Crippen molar-refractivity contribution in [3.63, 3.8) is 0 Å². The van der Waals surface area contributed by atoms with Crippen molar-refractivity contribution in [2.45, 2.75) is 25.3 Å². The third-order valence-corrected chi connectivity index (χ3v) is 4.81. The Morgan fingerprint density at radius 2 is 2.00 bits per heavy atom. The minimum absolute atomic E-state index is 0.199. The quantitative estimate of drug-likeness (QED) is 0.874. The lowest BCUT2D eigenvalue weighted by molar-refractivity contribution is -0.116. The normalized spacial score (nSPS) is 21.8. The molecule has 1 unspecified atom stereocenters. The molecule has 0 saturated heterocycles. The number of aromatic nitrogens is 2. The Morgan fingerprint density at radius 3 is 2.92 bits per heavy atom. The van der Waals surface area contributed by atoms with Crippen LogP contribution in [-0.2, 0) is 4.79 Å². The Hall–Kier alpha value is -2.76. The van der Waals surface area contributed by atoms with Gasteiger partial charge in [-0.15, -0.1) is 0 Å². The highest BCUT2D eigenvalue weighted by atomic mass is 16.6. The number of Topliss-reactive ketones (excluding diaryl/α,β-unsaturated/α-hetero) is 1. The first-order valence-electron chi connectivity index (χ1n) is 8.27. The first kappa shape index (κ1) is 13.7. The van der Waals surface area contributed by atoms with Crippen LogP contribution < -0.4 is 14.8 Å². The molecule has 1 aromatic carbocycles. The fourth-order valence-corrected chi connectivity index (χ4v) is 3.74. The van der Waals surface area contributed by atoms with Crippen molar-refractivity contribution < 1.29 is 14.3 Å². The van der Waals surface area contributed by atoms with Gasteiger partial charge in [0.2, 0.25) is 0 Å². The molecule has 1 N–H and O–H groups in total. The lowest BCUT2D eigenvalue weighted by Gasteiger charge is -2.33. The highest BCUT2D eigenvalue weighted by Crippen LogP contribution is 2.42. The molecule has 24 heavy (non-hydrogen) atoms. The average Bonchev–Trinajstić information content (AvgIpc) is 3.08. The second kappa shape index (κ2) is 5.12. The molecule has 0 saturated carbocycles. The predicted octanol–water partition coefficient (Wildman–Crippen LogP) is 2.68. The molecule has 6 nitrogen and oxygen atoms in total. The molecule has 122 valence electrons. The van der Waals surface area contributed by atoms with E-state index in [-0.39, 0.29) is 11.8 Å². The SMILES string of the molecule is O=C1CCCC2=C1C(c1ccc3c(c1)OCCO3)n1nccc1N2. The van der Waals surface area contributed by atoms with Crippen molar-refractivity contribution >= 4 is 11.6 Å². The van der Waals surface area contributed by atoms with Crippen molar-refractivity contribution in [1.82, 2.24) is 9.78 Å². The predicted molar refractivity (Wildman–Crippen MR) is 87.3 cm³/mol. The summed E-state index contributed by atoms with van der Waals surface area (Å²) < 4.78 is 13.2. The zero-order chi connectivity index (χ0) is 16.1. The van der Waals surface area contributed by atoms with Crippen LogP contribution in [0, 0.1) is 0 Å². The summed E-state index contributed by atoms with van der Waals surface area (Å²) >= 11 is 0. The van der Waals surface area contributed by atoms with Gasteiger partial charge in [-0.25, -0.2) is 4.68 Å². The maximum absolute atomic E-state index is 12.6. The zero-order valence-electron chi connectivity index (χ0n) is 13.1. The molecule has 3 heterocycles. The van der Waals surface area contributed by atoms with Gasteiger partial charge in [-0.2, -0.15) is 5.10 Å². The highest BCUT2D eigenvalue weighted by Gasteiger charge is 2.35. The van der Waals surface area contributed by atoms with Crippen molar-refractivity contribution in [1.29, 1.82) is 0 Å². The number of ether oxygens (including phenoxy) is 2. The van der Waals surface area contributed by atoms with Gasteiger partial charge in [-0.05, 0) is 30.5 Å². The van der Waals surface area contributed by atoms with Gasteiger partial charge in [0.1, 0.15) is 25.1 Å². The van der Waals surface area contributed by atoms with E-state index in [1.54, 1.807) is 6.20 Å². The number of anilines is 1. The standard InChI is InChI=1S/C18H17N3O3/c22-13-3-1-2-12-17(13)18(21-16(20-12)6-7-19-21)11-4-5-14-15(10-11)24-9-8-23-14/h4-7,10,18,20H,1-3,8-9H2. The molecule has 2 aliphatic heterocycles. The Balaban J connectivity index is 1.67. The second-order valence-electron chi connectivity index (χ2n) is 6.26. The van der Waals surface area contributed by atoms with E-state index in [4.69, 9.17) is 9.47 Å². The number of carbonyl (C=O) groups excluding carboxylic acids is 1. The molecule has 0 fully saturated rings. The zero-order valence-corrected chi connectivity index (χ0v) is 13.1. The van der Waals surface area contributed by atoms with Crippen molar-refractivity contribution in [3.05, 3.63) is 47.3 Å². The van der Waals surface area contributed by atoms with Crippen molar-refractivity contribution in [2.75, 3.05) is 18.5 Å². The smallest absolute Gasteiger partial charge is 0.163 e. The molecule has 0 radical (unpaired) electrons. The molecular weight excluding hydrogens is 306 g/mol. The summed E-state index contributed by atoms with van der Waals surface area (Å²) in [5.74, 6) is 2.60. The topological polar surface area (TPSA) is 65.4 Å². The van der Waals surface area contributed by atoms with Crippen LogP contribution in [0.5, 0.6) is 11.5 Å². The summed E-state index contributed by atoms with van der Waals surface area (Å²) in [6.45, 7) is 1.11. The molecule has 5 rings (SSSR count). The molecule has 0 spiro atoms. The van der Waals surface area contributed by atoms with E-state index in [0.717, 1.165) is 47.0 Å². The monoisotopic (exact) mass is 323 g/mol. The average molecular weight is 323 g/mol. The molecule has 0 amide bonds. The minimum atomic E-state index is -0.213. The van der Waals surface area contributed by atoms with Gasteiger partial charge in [0.05, 0.1) is 6.20 Å². The van der Waals surface area contributed by atoms with E-state index in [1.165, 1.54) is 0 Å². The van der Waals surface area contributed by atoms with Crippen LogP contribution in [0.2, 0.25) is 0 Å². The Kier molecular flexibility index (Phi) is 2.92. The summed E-state index contributed by atoms with van der Waals surface area (Å²) in [6, 6.07) is 7.62. The number of carbonyl (C=O) groups is 1. The first-order valence-corrected chi connectivity index (χ1v) is 8.27. The summed E-state index contributed by atoms with van der Waals surface area (Å²) in [5, 5.41) is 7.82. The molecule has 1 aromatic heterocycles. The molecule has 6 heteroatoms. The van der Waals surface area contributed by atoms with Gasteiger partial charge in [-0.3, -0.25) is 4.79 Å².